The van der Waals surface area contributed by atoms with Crippen LogP contribution >= 0.6 is 0 Å². The highest BCUT2D eigenvalue weighted by Crippen LogP contribution is 2.24. The van der Waals surface area contributed by atoms with Crippen LogP contribution in [0.1, 0.15) is 12.8 Å². The number of methoxy groups -OCH3 is 1. The summed E-state index contributed by atoms with van der Waals surface area (Å²) in [5.74, 6) is 2.39. The van der Waals surface area contributed by atoms with Gasteiger partial charge in [-0.3, -0.25) is 4.79 Å². The summed E-state index contributed by atoms with van der Waals surface area (Å²) in [6.45, 7) is 1.18. The van der Waals surface area contributed by atoms with Crippen LogP contribution in [0.3, 0.4) is 0 Å². The van der Waals surface area contributed by atoms with Crippen molar-refractivity contribution < 1.29 is 19.0 Å². The van der Waals surface area contributed by atoms with Crippen molar-refractivity contribution in [3.8, 4) is 17.4 Å². The molecule has 1 unspecified atom stereocenters. The topological polar surface area (TPSA) is 77.0 Å². The van der Waals surface area contributed by atoms with Gasteiger partial charge in [0.25, 0.3) is 11.8 Å². The van der Waals surface area contributed by atoms with E-state index in [1.807, 2.05) is 31.1 Å². The smallest absolute Gasteiger partial charge is 0.260 e. The number of ether oxygens (including phenoxy) is 3. The van der Waals surface area contributed by atoms with Crippen molar-refractivity contribution in [2.24, 2.45) is 0 Å². The quantitative estimate of drug-likeness (QED) is 0.720. The van der Waals surface area contributed by atoms with E-state index in [-0.39, 0.29) is 18.6 Å². The Labute approximate surface area is 165 Å². The molecule has 8 nitrogen and oxygen atoms in total. The first-order chi connectivity index (χ1) is 13.6. The van der Waals surface area contributed by atoms with Crippen molar-refractivity contribution in [1.82, 2.24) is 14.9 Å². The molecule has 0 bridgehead atoms. The SMILES string of the molecule is COc1cccc(OCC(=O)N2CCCC(Oc3nccnc3N(C)C)C2)c1. The molecule has 1 aromatic carbocycles. The van der Waals surface area contributed by atoms with Crippen LogP contribution in [0.2, 0.25) is 0 Å². The zero-order chi connectivity index (χ0) is 19.9. The maximum atomic E-state index is 12.6. The number of anilines is 1. The van der Waals surface area contributed by atoms with Crippen molar-refractivity contribution in [2.75, 3.05) is 45.8 Å². The van der Waals surface area contributed by atoms with E-state index < -0.39 is 0 Å². The van der Waals surface area contributed by atoms with E-state index in [0.29, 0.717) is 36.3 Å². The lowest BCUT2D eigenvalue weighted by atomic mass is 10.1. The van der Waals surface area contributed by atoms with Crippen LogP contribution in [0.5, 0.6) is 17.4 Å². The van der Waals surface area contributed by atoms with Gasteiger partial charge in [-0.05, 0) is 25.0 Å². The molecule has 1 aliphatic heterocycles. The molecule has 0 radical (unpaired) electrons. The summed E-state index contributed by atoms with van der Waals surface area (Å²) in [4.78, 5) is 24.8. The molecule has 2 heterocycles. The van der Waals surface area contributed by atoms with Crippen molar-refractivity contribution in [3.05, 3.63) is 36.7 Å². The fourth-order valence-corrected chi connectivity index (χ4v) is 3.05. The summed E-state index contributed by atoms with van der Waals surface area (Å²) >= 11 is 0. The number of nitrogens with zero attached hydrogens (tertiary/aromatic N) is 4. The average Bonchev–Trinajstić information content (AvgIpc) is 2.72. The number of carbonyl (C=O) groups excluding carboxylic acids is 1. The van der Waals surface area contributed by atoms with E-state index in [1.165, 1.54) is 0 Å². The summed E-state index contributed by atoms with van der Waals surface area (Å²) < 4.78 is 16.8. The summed E-state index contributed by atoms with van der Waals surface area (Å²) in [7, 11) is 5.38. The first kappa shape index (κ1) is 19.7. The van der Waals surface area contributed by atoms with Crippen LogP contribution < -0.4 is 19.1 Å². The second-order valence-corrected chi connectivity index (χ2v) is 6.77. The summed E-state index contributed by atoms with van der Waals surface area (Å²) in [5, 5.41) is 0. The van der Waals surface area contributed by atoms with Gasteiger partial charge in [-0.15, -0.1) is 0 Å². The normalized spacial score (nSPS) is 16.4. The van der Waals surface area contributed by atoms with E-state index in [2.05, 4.69) is 9.97 Å². The number of aromatic nitrogens is 2. The molecule has 3 rings (SSSR count). The van der Waals surface area contributed by atoms with Gasteiger partial charge in [0.2, 0.25) is 0 Å². The van der Waals surface area contributed by atoms with Gasteiger partial charge in [-0.1, -0.05) is 6.07 Å². The molecule has 0 N–H and O–H groups in total. The Morgan fingerprint density at radius 3 is 2.82 bits per heavy atom. The Morgan fingerprint density at radius 1 is 1.25 bits per heavy atom. The zero-order valence-corrected chi connectivity index (χ0v) is 16.5. The summed E-state index contributed by atoms with van der Waals surface area (Å²) in [6.07, 6.45) is 4.85. The van der Waals surface area contributed by atoms with Gasteiger partial charge in [0.05, 0.1) is 13.7 Å². The van der Waals surface area contributed by atoms with Crippen LogP contribution in [0, 0.1) is 0 Å². The van der Waals surface area contributed by atoms with E-state index >= 15 is 0 Å². The Balaban J connectivity index is 1.56. The standard InChI is InChI=1S/C20H26N4O4/c1-23(2)19-20(22-10-9-21-19)28-17-8-5-11-24(13-17)18(25)14-27-16-7-4-6-15(12-16)26-3/h4,6-7,9-10,12,17H,5,8,11,13-14H2,1-3H3. The molecule has 8 heteroatoms. The Kier molecular flexibility index (Phi) is 6.52. The second-order valence-electron chi connectivity index (χ2n) is 6.77. The van der Waals surface area contributed by atoms with Gasteiger partial charge in [0.1, 0.15) is 17.6 Å². The third-order valence-electron chi connectivity index (χ3n) is 4.48. The minimum atomic E-state index is -0.120. The molecule has 28 heavy (non-hydrogen) atoms. The third kappa shape index (κ3) is 5.03. The van der Waals surface area contributed by atoms with E-state index in [1.54, 1.807) is 36.5 Å². The second kappa shape index (κ2) is 9.25. The third-order valence-corrected chi connectivity index (χ3v) is 4.48. The lowest BCUT2D eigenvalue weighted by Crippen LogP contribution is -2.46. The highest BCUT2D eigenvalue weighted by atomic mass is 16.5. The average molecular weight is 386 g/mol. The highest BCUT2D eigenvalue weighted by Gasteiger charge is 2.26. The maximum Gasteiger partial charge on any atom is 0.260 e. The number of amides is 1. The first-order valence-corrected chi connectivity index (χ1v) is 9.26. The predicted octanol–water partition coefficient (Wildman–Crippen LogP) is 2.00. The lowest BCUT2D eigenvalue weighted by molar-refractivity contribution is -0.136. The van der Waals surface area contributed by atoms with Gasteiger partial charge >= 0.3 is 0 Å². The first-order valence-electron chi connectivity index (χ1n) is 9.26. The van der Waals surface area contributed by atoms with Crippen molar-refractivity contribution in [3.63, 3.8) is 0 Å². The highest BCUT2D eigenvalue weighted by molar-refractivity contribution is 5.78. The molecule has 1 aromatic heterocycles. The predicted molar refractivity (Wildman–Crippen MR) is 105 cm³/mol. The van der Waals surface area contributed by atoms with Gasteiger partial charge in [0.15, 0.2) is 12.4 Å². The van der Waals surface area contributed by atoms with Gasteiger partial charge in [0, 0.05) is 39.1 Å². The molecule has 1 atom stereocenters. The minimum absolute atomic E-state index is 0.0199. The fraction of sp³-hybridized carbons (Fsp3) is 0.450. The van der Waals surface area contributed by atoms with Crippen LogP contribution in [0.4, 0.5) is 5.82 Å². The molecular weight excluding hydrogens is 360 g/mol. The summed E-state index contributed by atoms with van der Waals surface area (Å²) in [6, 6.07) is 7.21. The number of piperidine rings is 1. The van der Waals surface area contributed by atoms with Crippen molar-refractivity contribution in [1.29, 1.82) is 0 Å². The van der Waals surface area contributed by atoms with Crippen molar-refractivity contribution >= 4 is 11.7 Å². The number of benzene rings is 1. The lowest BCUT2D eigenvalue weighted by Gasteiger charge is -2.33. The van der Waals surface area contributed by atoms with E-state index in [0.717, 1.165) is 12.8 Å². The van der Waals surface area contributed by atoms with Crippen LogP contribution in [0.25, 0.3) is 0 Å². The number of likely N-dealkylation sites (tertiary alicyclic amines) is 1. The van der Waals surface area contributed by atoms with Crippen molar-refractivity contribution in [2.45, 2.75) is 18.9 Å². The number of hydrogen-bond donors (Lipinski definition) is 0. The Bertz CT molecular complexity index is 799. The van der Waals surface area contributed by atoms with Gasteiger partial charge < -0.3 is 24.0 Å². The van der Waals surface area contributed by atoms with E-state index in [4.69, 9.17) is 14.2 Å². The van der Waals surface area contributed by atoms with Gasteiger partial charge in [-0.25, -0.2) is 9.97 Å². The molecule has 0 aliphatic carbocycles. The molecule has 1 saturated heterocycles. The minimum Gasteiger partial charge on any atom is -0.497 e. The fourth-order valence-electron chi connectivity index (χ4n) is 3.05. The Hall–Kier alpha value is -3.03. The summed E-state index contributed by atoms with van der Waals surface area (Å²) in [5.41, 5.74) is 0. The monoisotopic (exact) mass is 386 g/mol. The maximum absolute atomic E-state index is 12.6. The van der Waals surface area contributed by atoms with Crippen LogP contribution in [0.15, 0.2) is 36.7 Å². The molecule has 0 spiro atoms. The largest absolute Gasteiger partial charge is 0.497 e. The van der Waals surface area contributed by atoms with Gasteiger partial charge in [-0.2, -0.15) is 0 Å². The molecule has 2 aromatic rings. The van der Waals surface area contributed by atoms with Crippen LogP contribution in [-0.2, 0) is 4.79 Å². The number of rotatable bonds is 7. The van der Waals surface area contributed by atoms with Crippen LogP contribution in [-0.4, -0.2) is 67.8 Å². The number of hydrogen-bond acceptors (Lipinski definition) is 7. The Morgan fingerprint density at radius 2 is 2.04 bits per heavy atom. The zero-order valence-electron chi connectivity index (χ0n) is 16.5. The molecule has 1 amide bonds. The number of carbonyl (C=O) groups is 1. The molecule has 1 aliphatic rings. The van der Waals surface area contributed by atoms with E-state index in [9.17, 15) is 4.79 Å². The molecule has 150 valence electrons. The molecular formula is C20H26N4O4. The molecule has 0 saturated carbocycles. The molecule has 1 fully saturated rings.